The molecule has 1 fully saturated rings. The van der Waals surface area contributed by atoms with E-state index in [2.05, 4.69) is 27.2 Å². The first-order chi connectivity index (χ1) is 9.65. The molecule has 0 bridgehead atoms. The maximum absolute atomic E-state index is 10.7. The van der Waals surface area contributed by atoms with Crippen LogP contribution in [0.5, 0.6) is 0 Å². The van der Waals surface area contributed by atoms with Crippen LogP contribution in [0.3, 0.4) is 0 Å². The molecule has 106 valence electrons. The molecule has 20 heavy (non-hydrogen) atoms. The summed E-state index contributed by atoms with van der Waals surface area (Å²) in [5.41, 5.74) is 1.18. The average Bonchev–Trinajstić information content (AvgIpc) is 3.02. The molecule has 1 N–H and O–H groups in total. The van der Waals surface area contributed by atoms with Crippen molar-refractivity contribution in [2.24, 2.45) is 0 Å². The SMILES string of the molecule is CCn1cc(CN2CC(n3cc(C(=O)O)nn3)C2)cn1. The number of aryl methyl sites for hydroxylation is 1. The van der Waals surface area contributed by atoms with Crippen molar-refractivity contribution in [2.75, 3.05) is 13.1 Å². The van der Waals surface area contributed by atoms with Crippen LogP contribution in [0.4, 0.5) is 0 Å². The Morgan fingerprint density at radius 2 is 2.25 bits per heavy atom. The molecule has 8 heteroatoms. The summed E-state index contributed by atoms with van der Waals surface area (Å²) in [4.78, 5) is 13.0. The molecule has 0 amide bonds. The van der Waals surface area contributed by atoms with E-state index in [-0.39, 0.29) is 11.7 Å². The molecular weight excluding hydrogens is 260 g/mol. The maximum atomic E-state index is 10.7. The highest BCUT2D eigenvalue weighted by Gasteiger charge is 2.29. The molecular formula is C12H16N6O2. The summed E-state index contributed by atoms with van der Waals surface area (Å²) >= 11 is 0. The first-order valence-corrected chi connectivity index (χ1v) is 6.54. The number of hydrogen-bond donors (Lipinski definition) is 1. The van der Waals surface area contributed by atoms with Gasteiger partial charge < -0.3 is 5.11 Å². The van der Waals surface area contributed by atoms with Crippen LogP contribution in [0.25, 0.3) is 0 Å². The molecule has 1 aliphatic heterocycles. The van der Waals surface area contributed by atoms with Crippen molar-refractivity contribution in [2.45, 2.75) is 26.1 Å². The minimum atomic E-state index is -1.04. The van der Waals surface area contributed by atoms with Crippen LogP contribution < -0.4 is 0 Å². The molecule has 2 aromatic heterocycles. The quantitative estimate of drug-likeness (QED) is 0.842. The summed E-state index contributed by atoms with van der Waals surface area (Å²) in [7, 11) is 0. The lowest BCUT2D eigenvalue weighted by atomic mass is 10.1. The summed E-state index contributed by atoms with van der Waals surface area (Å²) in [5, 5.41) is 20.5. The van der Waals surface area contributed by atoms with Gasteiger partial charge in [0.15, 0.2) is 5.69 Å². The Morgan fingerprint density at radius 3 is 2.85 bits per heavy atom. The fourth-order valence-corrected chi connectivity index (χ4v) is 2.31. The Labute approximate surface area is 115 Å². The van der Waals surface area contributed by atoms with Crippen LogP contribution in [0.2, 0.25) is 0 Å². The Morgan fingerprint density at radius 1 is 1.45 bits per heavy atom. The van der Waals surface area contributed by atoms with E-state index in [4.69, 9.17) is 5.11 Å². The average molecular weight is 276 g/mol. The first-order valence-electron chi connectivity index (χ1n) is 6.54. The van der Waals surface area contributed by atoms with Gasteiger partial charge in [-0.2, -0.15) is 5.10 Å². The van der Waals surface area contributed by atoms with Crippen molar-refractivity contribution in [3.05, 3.63) is 29.8 Å². The third kappa shape index (κ3) is 2.42. The Balaban J connectivity index is 1.54. The third-order valence-corrected chi connectivity index (χ3v) is 3.46. The summed E-state index contributed by atoms with van der Waals surface area (Å²) in [6.45, 7) is 5.48. The van der Waals surface area contributed by atoms with Crippen molar-refractivity contribution in [3.8, 4) is 0 Å². The molecule has 0 spiro atoms. The van der Waals surface area contributed by atoms with Crippen molar-refractivity contribution >= 4 is 5.97 Å². The summed E-state index contributed by atoms with van der Waals surface area (Å²) in [6.07, 6.45) is 5.42. The van der Waals surface area contributed by atoms with Crippen molar-refractivity contribution in [1.82, 2.24) is 29.7 Å². The summed E-state index contributed by atoms with van der Waals surface area (Å²) in [5.74, 6) is -1.04. The van der Waals surface area contributed by atoms with Crippen LogP contribution in [0.1, 0.15) is 29.0 Å². The normalized spacial score (nSPS) is 16.2. The van der Waals surface area contributed by atoms with E-state index in [9.17, 15) is 4.79 Å². The van der Waals surface area contributed by atoms with E-state index in [1.807, 2.05) is 17.1 Å². The number of carboxylic acid groups (broad SMARTS) is 1. The van der Waals surface area contributed by atoms with Gasteiger partial charge in [0.2, 0.25) is 0 Å². The molecule has 0 saturated carbocycles. The second kappa shape index (κ2) is 5.04. The zero-order chi connectivity index (χ0) is 14.1. The van der Waals surface area contributed by atoms with Gasteiger partial charge >= 0.3 is 5.97 Å². The maximum Gasteiger partial charge on any atom is 0.358 e. The van der Waals surface area contributed by atoms with Gasteiger partial charge in [0, 0.05) is 37.9 Å². The van der Waals surface area contributed by atoms with Gasteiger partial charge in [0.25, 0.3) is 0 Å². The smallest absolute Gasteiger partial charge is 0.358 e. The fraction of sp³-hybridized carbons (Fsp3) is 0.500. The lowest BCUT2D eigenvalue weighted by molar-refractivity contribution is 0.0690. The number of carbonyl (C=O) groups is 1. The van der Waals surface area contributed by atoms with Gasteiger partial charge in [-0.3, -0.25) is 9.58 Å². The molecule has 1 saturated heterocycles. The van der Waals surface area contributed by atoms with Crippen LogP contribution in [0.15, 0.2) is 18.6 Å². The minimum Gasteiger partial charge on any atom is -0.476 e. The molecule has 3 heterocycles. The second-order valence-electron chi connectivity index (χ2n) is 4.94. The van der Waals surface area contributed by atoms with Crippen molar-refractivity contribution in [1.29, 1.82) is 0 Å². The van der Waals surface area contributed by atoms with E-state index >= 15 is 0 Å². The molecule has 2 aromatic rings. The van der Waals surface area contributed by atoms with Gasteiger partial charge in [-0.15, -0.1) is 5.10 Å². The van der Waals surface area contributed by atoms with Gasteiger partial charge in [-0.1, -0.05) is 5.21 Å². The topological polar surface area (TPSA) is 89.1 Å². The zero-order valence-electron chi connectivity index (χ0n) is 11.2. The largest absolute Gasteiger partial charge is 0.476 e. The van der Waals surface area contributed by atoms with Crippen LogP contribution in [-0.4, -0.2) is 53.8 Å². The van der Waals surface area contributed by atoms with E-state index in [0.717, 1.165) is 26.2 Å². The number of nitrogens with zero attached hydrogens (tertiary/aromatic N) is 6. The number of aromatic nitrogens is 5. The van der Waals surface area contributed by atoms with E-state index in [1.165, 1.54) is 11.8 Å². The predicted molar refractivity (Wildman–Crippen MR) is 69.2 cm³/mol. The molecule has 0 radical (unpaired) electrons. The summed E-state index contributed by atoms with van der Waals surface area (Å²) < 4.78 is 3.54. The third-order valence-electron chi connectivity index (χ3n) is 3.46. The van der Waals surface area contributed by atoms with Gasteiger partial charge in [0.1, 0.15) is 0 Å². The molecule has 1 aliphatic rings. The Hall–Kier alpha value is -2.22. The van der Waals surface area contributed by atoms with Gasteiger partial charge in [-0.05, 0) is 6.92 Å². The Bertz CT molecular complexity index is 613. The minimum absolute atomic E-state index is 0.00679. The number of rotatable bonds is 5. The highest BCUT2D eigenvalue weighted by Crippen LogP contribution is 2.22. The van der Waals surface area contributed by atoms with Crippen LogP contribution >= 0.6 is 0 Å². The van der Waals surface area contributed by atoms with Crippen LogP contribution in [0, 0.1) is 0 Å². The standard InChI is InChI=1S/C12H16N6O2/c1-2-17-5-9(3-13-17)4-16-6-10(7-16)18-8-11(12(19)20)14-15-18/h3,5,8,10H,2,4,6-7H2,1H3,(H,19,20). The lowest BCUT2D eigenvalue weighted by Crippen LogP contribution is -2.47. The Kier molecular flexibility index (Phi) is 3.23. The number of likely N-dealkylation sites (tertiary alicyclic amines) is 1. The van der Waals surface area contributed by atoms with E-state index < -0.39 is 5.97 Å². The molecule has 8 nitrogen and oxygen atoms in total. The highest BCUT2D eigenvalue weighted by atomic mass is 16.4. The molecule has 0 unspecified atom stereocenters. The lowest BCUT2D eigenvalue weighted by Gasteiger charge is -2.38. The monoisotopic (exact) mass is 276 g/mol. The second-order valence-corrected chi connectivity index (χ2v) is 4.94. The number of carboxylic acids is 1. The fourth-order valence-electron chi connectivity index (χ4n) is 2.31. The van der Waals surface area contributed by atoms with Crippen molar-refractivity contribution < 1.29 is 9.90 Å². The molecule has 0 aliphatic carbocycles. The van der Waals surface area contributed by atoms with E-state index in [0.29, 0.717) is 0 Å². The van der Waals surface area contributed by atoms with Crippen LogP contribution in [-0.2, 0) is 13.1 Å². The molecule has 0 atom stereocenters. The van der Waals surface area contributed by atoms with Gasteiger partial charge in [0.05, 0.1) is 18.4 Å². The predicted octanol–water partition coefficient (Wildman–Crippen LogP) is 0.250. The van der Waals surface area contributed by atoms with E-state index in [1.54, 1.807) is 4.68 Å². The zero-order valence-corrected chi connectivity index (χ0v) is 11.2. The number of hydrogen-bond acceptors (Lipinski definition) is 5. The highest BCUT2D eigenvalue weighted by molar-refractivity contribution is 5.84. The first kappa shape index (κ1) is 12.8. The summed E-state index contributed by atoms with van der Waals surface area (Å²) in [6, 6.07) is 0.205. The number of aromatic carboxylic acids is 1. The molecule has 0 aromatic carbocycles. The van der Waals surface area contributed by atoms with Gasteiger partial charge in [-0.25, -0.2) is 9.48 Å². The molecule has 3 rings (SSSR count). The van der Waals surface area contributed by atoms with Crippen molar-refractivity contribution in [3.63, 3.8) is 0 Å².